The lowest BCUT2D eigenvalue weighted by atomic mass is 10.0. The number of hydrogen-bond donors (Lipinski definition) is 5. The van der Waals surface area contributed by atoms with Gasteiger partial charge in [-0.2, -0.15) is 0 Å². The van der Waals surface area contributed by atoms with Crippen LogP contribution in [0.4, 0.5) is 0 Å². The van der Waals surface area contributed by atoms with E-state index in [1.54, 1.807) is 0 Å². The molecule has 1 saturated heterocycles. The second kappa shape index (κ2) is 6.37. The number of nitrogens with two attached hydrogens (primary N) is 1. The highest BCUT2D eigenvalue weighted by Gasteiger charge is 2.28. The van der Waals surface area contributed by atoms with Crippen LogP contribution in [0.15, 0.2) is 0 Å². The van der Waals surface area contributed by atoms with Crippen molar-refractivity contribution in [2.45, 2.75) is 37.4 Å². The molecule has 6 heteroatoms. The van der Waals surface area contributed by atoms with Crippen molar-refractivity contribution in [3.8, 4) is 0 Å². The minimum Gasteiger partial charge on any atom is -0.390 e. The highest BCUT2D eigenvalue weighted by atomic mass is 16.6. The van der Waals surface area contributed by atoms with E-state index >= 15 is 0 Å². The number of aliphatic hydroxyl groups is 3. The molecule has 0 aromatic heterocycles. The van der Waals surface area contributed by atoms with Crippen molar-refractivity contribution in [1.82, 2.24) is 5.32 Å². The Hall–Kier alpha value is -0.240. The summed E-state index contributed by atoms with van der Waals surface area (Å²) < 4.78 is 5.14. The Labute approximate surface area is 89.0 Å². The summed E-state index contributed by atoms with van der Waals surface area (Å²) >= 11 is 0. The third-order valence-electron chi connectivity index (χ3n) is 2.47. The van der Waals surface area contributed by atoms with Gasteiger partial charge in [0, 0.05) is 26.1 Å². The van der Waals surface area contributed by atoms with Crippen molar-refractivity contribution >= 4 is 0 Å². The first kappa shape index (κ1) is 12.8. The molecule has 0 bridgehead atoms. The van der Waals surface area contributed by atoms with E-state index in [0.717, 1.165) is 0 Å². The second-order valence-corrected chi connectivity index (χ2v) is 3.82. The topological polar surface area (TPSA) is 108 Å². The molecule has 0 aromatic rings. The molecule has 0 aliphatic carbocycles. The van der Waals surface area contributed by atoms with Gasteiger partial charge in [0.1, 0.15) is 0 Å². The van der Waals surface area contributed by atoms with Crippen LogP contribution in [0.2, 0.25) is 0 Å². The van der Waals surface area contributed by atoms with E-state index in [-0.39, 0.29) is 6.54 Å². The zero-order chi connectivity index (χ0) is 11.3. The smallest absolute Gasteiger partial charge is 0.155 e. The molecule has 1 aliphatic heterocycles. The molecule has 2 unspecified atom stereocenters. The first-order chi connectivity index (χ1) is 7.13. The lowest BCUT2D eigenvalue weighted by Crippen LogP contribution is -2.46. The van der Waals surface area contributed by atoms with Crippen LogP contribution in [0.5, 0.6) is 0 Å². The van der Waals surface area contributed by atoms with Crippen molar-refractivity contribution in [3.05, 3.63) is 0 Å². The summed E-state index contributed by atoms with van der Waals surface area (Å²) in [6.07, 6.45) is -1.36. The van der Waals surface area contributed by atoms with Gasteiger partial charge in [0.25, 0.3) is 0 Å². The van der Waals surface area contributed by atoms with Gasteiger partial charge in [0.15, 0.2) is 6.29 Å². The highest BCUT2D eigenvalue weighted by Crippen LogP contribution is 2.17. The molecule has 0 saturated carbocycles. The predicted molar refractivity (Wildman–Crippen MR) is 54.1 cm³/mol. The van der Waals surface area contributed by atoms with Crippen molar-refractivity contribution < 1.29 is 20.1 Å². The fourth-order valence-electron chi connectivity index (χ4n) is 1.52. The van der Waals surface area contributed by atoms with Crippen LogP contribution in [0, 0.1) is 0 Å². The van der Waals surface area contributed by atoms with E-state index in [9.17, 15) is 10.2 Å². The molecule has 15 heavy (non-hydrogen) atoms. The zero-order valence-electron chi connectivity index (χ0n) is 8.67. The Morgan fingerprint density at radius 3 is 2.80 bits per heavy atom. The van der Waals surface area contributed by atoms with Gasteiger partial charge in [-0.3, -0.25) is 0 Å². The highest BCUT2D eigenvalue weighted by molar-refractivity contribution is 4.77. The molecule has 1 fully saturated rings. The predicted octanol–water partition coefficient (Wildman–Crippen LogP) is -2.25. The standard InChI is InChI=1S/C9H20N2O4/c10-3-6(12)4-11-5-8-7(13)1-2-9(14)15-8/h6-9,11-14H,1-5,10H2/t6?,7-,8?,9-/m0/s1. The molecule has 4 atom stereocenters. The summed E-state index contributed by atoms with van der Waals surface area (Å²) in [5, 5.41) is 30.9. The number of aliphatic hydroxyl groups excluding tert-OH is 3. The fraction of sp³-hybridized carbons (Fsp3) is 1.00. The van der Waals surface area contributed by atoms with Gasteiger partial charge in [-0.15, -0.1) is 0 Å². The van der Waals surface area contributed by atoms with E-state index in [2.05, 4.69) is 5.32 Å². The Morgan fingerprint density at radius 1 is 1.40 bits per heavy atom. The van der Waals surface area contributed by atoms with Gasteiger partial charge in [-0.25, -0.2) is 0 Å². The summed E-state index contributed by atoms with van der Waals surface area (Å²) in [7, 11) is 0. The molecule has 6 nitrogen and oxygen atoms in total. The number of rotatable bonds is 5. The number of hydrogen-bond acceptors (Lipinski definition) is 6. The average Bonchev–Trinajstić information content (AvgIpc) is 2.23. The van der Waals surface area contributed by atoms with Crippen LogP contribution >= 0.6 is 0 Å². The Bertz CT molecular complexity index is 181. The summed E-state index contributed by atoms with van der Waals surface area (Å²) in [4.78, 5) is 0. The monoisotopic (exact) mass is 220 g/mol. The van der Waals surface area contributed by atoms with Gasteiger partial charge >= 0.3 is 0 Å². The molecule has 0 amide bonds. The molecule has 0 aromatic carbocycles. The maximum Gasteiger partial charge on any atom is 0.155 e. The van der Waals surface area contributed by atoms with E-state index in [1.807, 2.05) is 0 Å². The van der Waals surface area contributed by atoms with Crippen LogP contribution in [0.1, 0.15) is 12.8 Å². The molecule has 1 heterocycles. The van der Waals surface area contributed by atoms with Crippen LogP contribution < -0.4 is 11.1 Å². The number of nitrogens with one attached hydrogen (secondary N) is 1. The first-order valence-electron chi connectivity index (χ1n) is 5.24. The average molecular weight is 220 g/mol. The maximum absolute atomic E-state index is 9.55. The molecule has 1 rings (SSSR count). The SMILES string of the molecule is NCC(O)CNCC1O[C@H](O)CC[C@@H]1O. The van der Waals surface area contributed by atoms with Gasteiger partial charge < -0.3 is 31.1 Å². The Kier molecular flexibility index (Phi) is 5.44. The quantitative estimate of drug-likeness (QED) is 0.358. The molecule has 0 spiro atoms. The van der Waals surface area contributed by atoms with Crippen molar-refractivity contribution in [3.63, 3.8) is 0 Å². The molecular formula is C9H20N2O4. The molecular weight excluding hydrogens is 200 g/mol. The van der Waals surface area contributed by atoms with Crippen molar-refractivity contribution in [2.75, 3.05) is 19.6 Å². The second-order valence-electron chi connectivity index (χ2n) is 3.82. The summed E-state index contributed by atoms with van der Waals surface area (Å²) in [6, 6.07) is 0. The van der Waals surface area contributed by atoms with Crippen LogP contribution in [0.25, 0.3) is 0 Å². The van der Waals surface area contributed by atoms with Gasteiger partial charge in [-0.05, 0) is 6.42 Å². The van der Waals surface area contributed by atoms with Crippen LogP contribution in [-0.4, -0.2) is 59.6 Å². The van der Waals surface area contributed by atoms with Crippen LogP contribution in [0.3, 0.4) is 0 Å². The third-order valence-corrected chi connectivity index (χ3v) is 2.47. The minimum absolute atomic E-state index is 0.198. The lowest BCUT2D eigenvalue weighted by molar-refractivity contribution is -0.196. The lowest BCUT2D eigenvalue weighted by Gasteiger charge is -2.31. The molecule has 1 aliphatic rings. The first-order valence-corrected chi connectivity index (χ1v) is 5.24. The largest absolute Gasteiger partial charge is 0.390 e. The Morgan fingerprint density at radius 2 is 2.13 bits per heavy atom. The van der Waals surface area contributed by atoms with Crippen molar-refractivity contribution in [2.24, 2.45) is 5.73 Å². The summed E-state index contributed by atoms with van der Waals surface area (Å²) in [6.45, 7) is 0.957. The van der Waals surface area contributed by atoms with Crippen LogP contribution in [-0.2, 0) is 4.74 Å². The number of ether oxygens (including phenoxy) is 1. The zero-order valence-corrected chi connectivity index (χ0v) is 8.67. The van der Waals surface area contributed by atoms with Gasteiger partial charge in [0.05, 0.1) is 18.3 Å². The summed E-state index contributed by atoms with van der Waals surface area (Å²) in [5.41, 5.74) is 5.23. The third kappa shape index (κ3) is 4.42. The minimum atomic E-state index is -0.792. The Balaban J connectivity index is 2.18. The molecule has 90 valence electrons. The van der Waals surface area contributed by atoms with E-state index in [0.29, 0.717) is 25.9 Å². The van der Waals surface area contributed by atoms with Gasteiger partial charge in [-0.1, -0.05) is 0 Å². The van der Waals surface area contributed by atoms with Gasteiger partial charge in [0.2, 0.25) is 0 Å². The fourth-order valence-corrected chi connectivity index (χ4v) is 1.52. The van der Waals surface area contributed by atoms with E-state index in [1.165, 1.54) is 0 Å². The van der Waals surface area contributed by atoms with Crippen molar-refractivity contribution in [1.29, 1.82) is 0 Å². The maximum atomic E-state index is 9.55. The van der Waals surface area contributed by atoms with E-state index < -0.39 is 24.6 Å². The van der Waals surface area contributed by atoms with E-state index in [4.69, 9.17) is 15.6 Å². The molecule has 0 radical (unpaired) electrons. The molecule has 6 N–H and O–H groups in total. The summed E-state index contributed by atoms with van der Waals surface area (Å²) in [5.74, 6) is 0. The normalized spacial score (nSPS) is 34.0.